The number of hydrogen-bond acceptors (Lipinski definition) is 2. The zero-order chi connectivity index (χ0) is 27.6. The van der Waals surface area contributed by atoms with Gasteiger partial charge in [-0.1, -0.05) is 77.0 Å². The second-order valence-electron chi connectivity index (χ2n) is 12.0. The number of ether oxygens (including phenoxy) is 2. The lowest BCUT2D eigenvalue weighted by molar-refractivity contribution is 0.0118. The van der Waals surface area contributed by atoms with E-state index in [0.717, 1.165) is 69.8 Å². The van der Waals surface area contributed by atoms with Crippen LogP contribution < -0.4 is 4.74 Å². The first-order chi connectivity index (χ1) is 19.0. The minimum Gasteiger partial charge on any atom is -0.491 e. The van der Waals surface area contributed by atoms with E-state index < -0.39 is 11.6 Å². The number of rotatable bonds is 13. The van der Waals surface area contributed by atoms with E-state index in [1.54, 1.807) is 24.3 Å². The summed E-state index contributed by atoms with van der Waals surface area (Å²) < 4.78 is 56.1. The Labute approximate surface area is 233 Å². The highest BCUT2D eigenvalue weighted by Gasteiger charge is 2.27. The van der Waals surface area contributed by atoms with Crippen LogP contribution in [-0.2, 0) is 11.3 Å². The summed E-state index contributed by atoms with van der Waals surface area (Å²) in [4.78, 5) is 0. The summed E-state index contributed by atoms with van der Waals surface area (Å²) in [7, 11) is 0. The molecule has 2 aliphatic rings. The molecule has 2 saturated carbocycles. The van der Waals surface area contributed by atoms with Gasteiger partial charge in [0, 0.05) is 5.56 Å². The number of hydrogen-bond donors (Lipinski definition) is 0. The lowest BCUT2D eigenvalue weighted by atomic mass is 9.79. The highest BCUT2D eigenvalue weighted by molar-refractivity contribution is 5.32. The summed E-state index contributed by atoms with van der Waals surface area (Å²) in [5.74, 6) is -0.340. The molecule has 2 fully saturated rings. The Bertz CT molecular complexity index is 1020. The van der Waals surface area contributed by atoms with Gasteiger partial charge in [0.05, 0.1) is 19.3 Å². The largest absolute Gasteiger partial charge is 0.491 e. The molecule has 0 atom stereocenters. The van der Waals surface area contributed by atoms with Crippen molar-refractivity contribution in [2.75, 3.05) is 6.61 Å². The Hall–Kier alpha value is -2.01. The van der Waals surface area contributed by atoms with Crippen molar-refractivity contribution in [3.63, 3.8) is 0 Å². The van der Waals surface area contributed by atoms with Gasteiger partial charge in [-0.2, -0.15) is 0 Å². The van der Waals surface area contributed by atoms with Gasteiger partial charge in [0.15, 0.2) is 23.2 Å². The van der Waals surface area contributed by atoms with E-state index in [2.05, 4.69) is 13.8 Å². The normalized spacial score (nSPS) is 23.6. The highest BCUT2D eigenvalue weighted by Crippen LogP contribution is 2.38. The van der Waals surface area contributed by atoms with Crippen molar-refractivity contribution in [2.45, 2.75) is 128 Å². The van der Waals surface area contributed by atoms with Crippen LogP contribution in [0.5, 0.6) is 5.75 Å². The van der Waals surface area contributed by atoms with Crippen LogP contribution in [0.2, 0.25) is 0 Å². The maximum atomic E-state index is 14.9. The molecule has 2 nitrogen and oxygen atoms in total. The van der Waals surface area contributed by atoms with E-state index in [4.69, 9.17) is 9.47 Å². The van der Waals surface area contributed by atoms with Crippen LogP contribution >= 0.6 is 0 Å². The average molecular weight is 545 g/mol. The topological polar surface area (TPSA) is 18.5 Å². The van der Waals surface area contributed by atoms with Crippen molar-refractivity contribution in [1.82, 2.24) is 0 Å². The van der Waals surface area contributed by atoms with Gasteiger partial charge in [0.1, 0.15) is 0 Å². The fraction of sp³-hybridized carbons (Fsp3) is 0.647. The Morgan fingerprint density at radius 3 is 2.15 bits per heavy atom. The van der Waals surface area contributed by atoms with Crippen LogP contribution in [0.25, 0.3) is 0 Å². The molecular weight excluding hydrogens is 497 g/mol. The Balaban J connectivity index is 1.20. The molecule has 2 aromatic carbocycles. The molecular formula is C34H47F3O2. The lowest BCUT2D eigenvalue weighted by Gasteiger charge is -2.29. The molecule has 2 aromatic rings. The molecule has 4 rings (SSSR count). The standard InChI is InChI=1S/C34H47F3O2/c1-3-4-5-6-7-8-21-38-32-20-16-27(22-31(32)35)25-13-17-29(18-14-25)39-23-28-15-19-30(34(37)33(28)36)26-11-9-24(2)10-12-26/h15-16,19-20,22,24-26,29H,3-14,17-18,21,23H2,1-2H3. The molecule has 39 heavy (non-hydrogen) atoms. The molecule has 0 amide bonds. The van der Waals surface area contributed by atoms with Crippen molar-refractivity contribution in [1.29, 1.82) is 0 Å². The maximum absolute atomic E-state index is 14.9. The highest BCUT2D eigenvalue weighted by atomic mass is 19.2. The van der Waals surface area contributed by atoms with Crippen molar-refractivity contribution in [3.8, 4) is 5.75 Å². The molecule has 0 radical (unpaired) electrons. The van der Waals surface area contributed by atoms with Crippen LogP contribution in [0, 0.1) is 23.4 Å². The zero-order valence-corrected chi connectivity index (χ0v) is 24.0. The molecule has 0 aromatic heterocycles. The zero-order valence-electron chi connectivity index (χ0n) is 24.0. The minimum atomic E-state index is -0.755. The van der Waals surface area contributed by atoms with Gasteiger partial charge in [0.2, 0.25) is 0 Å². The van der Waals surface area contributed by atoms with E-state index in [9.17, 15) is 13.2 Å². The quantitative estimate of drug-likeness (QED) is 0.234. The first-order valence-corrected chi connectivity index (χ1v) is 15.5. The molecule has 0 heterocycles. The number of halogens is 3. The molecule has 0 N–H and O–H groups in total. The third-order valence-corrected chi connectivity index (χ3v) is 8.98. The van der Waals surface area contributed by atoms with Gasteiger partial charge >= 0.3 is 0 Å². The Morgan fingerprint density at radius 1 is 0.744 bits per heavy atom. The minimum absolute atomic E-state index is 0.00741. The average Bonchev–Trinajstić information content (AvgIpc) is 2.95. The summed E-state index contributed by atoms with van der Waals surface area (Å²) in [6.07, 6.45) is 14.5. The predicted octanol–water partition coefficient (Wildman–Crippen LogP) is 10.4. The fourth-order valence-corrected chi connectivity index (χ4v) is 6.33. The van der Waals surface area contributed by atoms with Crippen molar-refractivity contribution in [2.24, 2.45) is 5.92 Å². The predicted molar refractivity (Wildman–Crippen MR) is 152 cm³/mol. The molecule has 216 valence electrons. The van der Waals surface area contributed by atoms with E-state index in [1.807, 2.05) is 6.07 Å². The summed E-state index contributed by atoms with van der Waals surface area (Å²) in [5.41, 5.74) is 1.81. The van der Waals surface area contributed by atoms with Gasteiger partial charge < -0.3 is 9.47 Å². The van der Waals surface area contributed by atoms with E-state index in [1.165, 1.54) is 25.7 Å². The first-order valence-electron chi connectivity index (χ1n) is 15.5. The van der Waals surface area contributed by atoms with Crippen LogP contribution in [0.3, 0.4) is 0 Å². The van der Waals surface area contributed by atoms with Gasteiger partial charge in [0.25, 0.3) is 0 Å². The molecule has 0 saturated heterocycles. The summed E-state index contributed by atoms with van der Waals surface area (Å²) in [6.45, 7) is 5.07. The maximum Gasteiger partial charge on any atom is 0.165 e. The van der Waals surface area contributed by atoms with E-state index in [-0.39, 0.29) is 30.4 Å². The van der Waals surface area contributed by atoms with Crippen molar-refractivity contribution >= 4 is 0 Å². The number of unbranched alkanes of at least 4 members (excludes halogenated alkanes) is 5. The molecule has 0 bridgehead atoms. The van der Waals surface area contributed by atoms with Gasteiger partial charge in [-0.3, -0.25) is 0 Å². The SMILES string of the molecule is CCCCCCCCOc1ccc(C2CCC(OCc3ccc(C4CCC(C)CC4)c(F)c3F)CC2)cc1F. The molecule has 0 aliphatic heterocycles. The first kappa shape index (κ1) is 30.0. The molecule has 0 spiro atoms. The molecule has 2 aliphatic carbocycles. The second kappa shape index (κ2) is 15.1. The summed E-state index contributed by atoms with van der Waals surface area (Å²) >= 11 is 0. The third kappa shape index (κ3) is 8.49. The monoisotopic (exact) mass is 544 g/mol. The van der Waals surface area contributed by atoms with E-state index >= 15 is 0 Å². The van der Waals surface area contributed by atoms with Crippen LogP contribution in [0.15, 0.2) is 30.3 Å². The van der Waals surface area contributed by atoms with Gasteiger partial charge in [-0.15, -0.1) is 0 Å². The van der Waals surface area contributed by atoms with Crippen molar-refractivity contribution < 1.29 is 22.6 Å². The molecule has 0 unspecified atom stereocenters. The van der Waals surface area contributed by atoms with Gasteiger partial charge in [-0.25, -0.2) is 13.2 Å². The fourth-order valence-electron chi connectivity index (χ4n) is 6.33. The third-order valence-electron chi connectivity index (χ3n) is 8.98. The lowest BCUT2D eigenvalue weighted by Crippen LogP contribution is -2.21. The Kier molecular flexibility index (Phi) is 11.6. The van der Waals surface area contributed by atoms with Gasteiger partial charge in [-0.05, 0) is 86.0 Å². The number of benzene rings is 2. The smallest absolute Gasteiger partial charge is 0.165 e. The Morgan fingerprint density at radius 2 is 1.44 bits per heavy atom. The van der Waals surface area contributed by atoms with Crippen LogP contribution in [0.1, 0.15) is 132 Å². The second-order valence-corrected chi connectivity index (χ2v) is 12.0. The summed E-state index contributed by atoms with van der Waals surface area (Å²) in [6, 6.07) is 8.84. The summed E-state index contributed by atoms with van der Waals surface area (Å²) in [5, 5.41) is 0. The van der Waals surface area contributed by atoms with Crippen LogP contribution in [-0.4, -0.2) is 12.7 Å². The van der Waals surface area contributed by atoms with Crippen molar-refractivity contribution in [3.05, 3.63) is 64.5 Å². The molecule has 5 heteroatoms. The van der Waals surface area contributed by atoms with E-state index in [0.29, 0.717) is 29.4 Å². The van der Waals surface area contributed by atoms with Crippen LogP contribution in [0.4, 0.5) is 13.2 Å².